The summed E-state index contributed by atoms with van der Waals surface area (Å²) in [5.41, 5.74) is 1.23. The number of aryl methyl sites for hydroxylation is 2. The first kappa shape index (κ1) is 15.0. The van der Waals surface area contributed by atoms with E-state index in [1.165, 1.54) is 6.42 Å². The van der Waals surface area contributed by atoms with E-state index in [-0.39, 0.29) is 18.3 Å². The lowest BCUT2D eigenvalue weighted by molar-refractivity contribution is 0.0949. The summed E-state index contributed by atoms with van der Waals surface area (Å²) in [6.07, 6.45) is 2.24. The number of aromatic nitrogens is 1. The van der Waals surface area contributed by atoms with E-state index < -0.39 is 0 Å². The van der Waals surface area contributed by atoms with Crippen molar-refractivity contribution in [2.24, 2.45) is 5.92 Å². The molecule has 1 fully saturated rings. The summed E-state index contributed by atoms with van der Waals surface area (Å²) in [5, 5.41) is 10.0. The number of halogens is 1. The van der Waals surface area contributed by atoms with E-state index in [0.717, 1.165) is 26.1 Å². The predicted molar refractivity (Wildman–Crippen MR) is 71.2 cm³/mol. The highest BCUT2D eigenvalue weighted by Crippen LogP contribution is 2.13. The third-order valence-corrected chi connectivity index (χ3v) is 3.26. The van der Waals surface area contributed by atoms with Crippen molar-refractivity contribution in [2.45, 2.75) is 26.7 Å². The monoisotopic (exact) mass is 273 g/mol. The van der Waals surface area contributed by atoms with Crippen LogP contribution in [-0.2, 0) is 0 Å². The maximum Gasteiger partial charge on any atom is 0.256 e. The van der Waals surface area contributed by atoms with Crippen LogP contribution in [0.2, 0.25) is 0 Å². The molecular formula is C12H20ClN3O2. The maximum absolute atomic E-state index is 11.9. The number of carbonyl (C=O) groups excluding carboxylic acids is 1. The van der Waals surface area contributed by atoms with Gasteiger partial charge in [0, 0.05) is 6.54 Å². The summed E-state index contributed by atoms with van der Waals surface area (Å²) in [6.45, 7) is 6.43. The quantitative estimate of drug-likeness (QED) is 0.871. The fraction of sp³-hybridized carbons (Fsp3) is 0.667. The molecule has 0 bridgehead atoms. The molecule has 2 heterocycles. The van der Waals surface area contributed by atoms with Gasteiger partial charge in [0.2, 0.25) is 0 Å². The number of rotatable bonds is 4. The average Bonchev–Trinajstić information content (AvgIpc) is 2.89. The summed E-state index contributed by atoms with van der Waals surface area (Å²) in [6, 6.07) is 0. The van der Waals surface area contributed by atoms with Crippen LogP contribution in [0.25, 0.3) is 0 Å². The molecule has 0 saturated carbocycles. The highest BCUT2D eigenvalue weighted by Gasteiger charge is 2.18. The third kappa shape index (κ3) is 3.46. The minimum Gasteiger partial charge on any atom is -0.361 e. The van der Waals surface area contributed by atoms with Gasteiger partial charge in [-0.1, -0.05) is 5.16 Å². The minimum absolute atomic E-state index is 0. The number of amides is 1. The van der Waals surface area contributed by atoms with Crippen LogP contribution in [0.1, 0.15) is 34.7 Å². The van der Waals surface area contributed by atoms with Crippen LogP contribution >= 0.6 is 12.4 Å². The zero-order valence-electron chi connectivity index (χ0n) is 10.8. The lowest BCUT2D eigenvalue weighted by Gasteiger charge is -2.09. The molecule has 0 aliphatic carbocycles. The minimum atomic E-state index is -0.0767. The van der Waals surface area contributed by atoms with Crippen LogP contribution in [0.4, 0.5) is 0 Å². The third-order valence-electron chi connectivity index (χ3n) is 3.26. The highest BCUT2D eigenvalue weighted by molar-refractivity contribution is 5.96. The second-order valence-electron chi connectivity index (χ2n) is 4.60. The van der Waals surface area contributed by atoms with Gasteiger partial charge < -0.3 is 15.2 Å². The van der Waals surface area contributed by atoms with Gasteiger partial charge in [0.25, 0.3) is 5.91 Å². The molecule has 18 heavy (non-hydrogen) atoms. The van der Waals surface area contributed by atoms with Gasteiger partial charge in [0.15, 0.2) is 0 Å². The maximum atomic E-state index is 11.9. The van der Waals surface area contributed by atoms with Crippen molar-refractivity contribution >= 4 is 18.3 Å². The molecule has 0 spiro atoms. The first-order valence-electron chi connectivity index (χ1n) is 6.10. The normalized spacial score (nSPS) is 18.4. The first-order valence-corrected chi connectivity index (χ1v) is 6.10. The van der Waals surface area contributed by atoms with Crippen molar-refractivity contribution < 1.29 is 9.32 Å². The summed E-state index contributed by atoms with van der Waals surface area (Å²) in [7, 11) is 0. The van der Waals surface area contributed by atoms with Gasteiger partial charge in [-0.25, -0.2) is 0 Å². The van der Waals surface area contributed by atoms with Crippen molar-refractivity contribution in [2.75, 3.05) is 19.6 Å². The summed E-state index contributed by atoms with van der Waals surface area (Å²) in [4.78, 5) is 11.9. The molecule has 1 aliphatic rings. The fourth-order valence-electron chi connectivity index (χ4n) is 2.25. The van der Waals surface area contributed by atoms with Gasteiger partial charge in [-0.3, -0.25) is 4.79 Å². The van der Waals surface area contributed by atoms with Crippen molar-refractivity contribution in [3.05, 3.63) is 17.0 Å². The van der Waals surface area contributed by atoms with Gasteiger partial charge >= 0.3 is 0 Å². The van der Waals surface area contributed by atoms with Crippen LogP contribution < -0.4 is 10.6 Å². The Bertz CT molecular complexity index is 381. The molecule has 0 aromatic carbocycles. The summed E-state index contributed by atoms with van der Waals surface area (Å²) >= 11 is 0. The SMILES string of the molecule is Cc1noc(C)c1C(=O)NCCC1CCNC1.Cl. The zero-order valence-corrected chi connectivity index (χ0v) is 11.6. The molecule has 102 valence electrons. The lowest BCUT2D eigenvalue weighted by Crippen LogP contribution is -2.27. The smallest absolute Gasteiger partial charge is 0.256 e. The average molecular weight is 274 g/mol. The Balaban J connectivity index is 0.00000162. The number of nitrogens with one attached hydrogen (secondary N) is 2. The van der Waals surface area contributed by atoms with Gasteiger partial charge in [-0.2, -0.15) is 0 Å². The molecule has 2 rings (SSSR count). The standard InChI is InChI=1S/C12H19N3O2.ClH/c1-8-11(9(2)17-15-8)12(16)14-6-4-10-3-5-13-7-10;/h10,13H,3-7H2,1-2H3,(H,14,16);1H. The van der Waals surface area contributed by atoms with E-state index >= 15 is 0 Å². The Morgan fingerprint density at radius 2 is 2.33 bits per heavy atom. The van der Waals surface area contributed by atoms with Gasteiger partial charge in [0.05, 0.1) is 5.69 Å². The molecule has 6 heteroatoms. The van der Waals surface area contributed by atoms with Crippen LogP contribution in [0.15, 0.2) is 4.52 Å². The van der Waals surface area contributed by atoms with E-state index in [2.05, 4.69) is 15.8 Å². The van der Waals surface area contributed by atoms with Crippen LogP contribution in [0.3, 0.4) is 0 Å². The predicted octanol–water partition coefficient (Wildman–Crippen LogP) is 1.44. The summed E-state index contributed by atoms with van der Waals surface area (Å²) < 4.78 is 4.98. The van der Waals surface area contributed by atoms with Crippen molar-refractivity contribution in [3.63, 3.8) is 0 Å². The van der Waals surface area contributed by atoms with E-state index in [4.69, 9.17) is 4.52 Å². The van der Waals surface area contributed by atoms with Crippen molar-refractivity contribution in [3.8, 4) is 0 Å². The second kappa shape index (κ2) is 6.75. The van der Waals surface area contributed by atoms with Crippen molar-refractivity contribution in [1.82, 2.24) is 15.8 Å². The van der Waals surface area contributed by atoms with Gasteiger partial charge in [-0.15, -0.1) is 12.4 Å². The molecule has 0 radical (unpaired) electrons. The topological polar surface area (TPSA) is 67.2 Å². The summed E-state index contributed by atoms with van der Waals surface area (Å²) in [5.74, 6) is 1.20. The highest BCUT2D eigenvalue weighted by atomic mass is 35.5. The molecule has 1 aliphatic heterocycles. The zero-order chi connectivity index (χ0) is 12.3. The van der Waals surface area contributed by atoms with E-state index in [1.54, 1.807) is 13.8 Å². The molecule has 5 nitrogen and oxygen atoms in total. The molecule has 1 aromatic heterocycles. The van der Waals surface area contributed by atoms with Crippen molar-refractivity contribution in [1.29, 1.82) is 0 Å². The fourth-order valence-corrected chi connectivity index (χ4v) is 2.25. The number of hydrogen-bond acceptors (Lipinski definition) is 4. The Morgan fingerprint density at radius 3 is 2.89 bits per heavy atom. The van der Waals surface area contributed by atoms with Crippen LogP contribution in [-0.4, -0.2) is 30.7 Å². The Labute approximate surface area is 113 Å². The Morgan fingerprint density at radius 1 is 1.56 bits per heavy atom. The number of nitrogens with zero attached hydrogens (tertiary/aromatic N) is 1. The number of hydrogen-bond donors (Lipinski definition) is 2. The van der Waals surface area contributed by atoms with E-state index in [1.807, 2.05) is 0 Å². The van der Waals surface area contributed by atoms with Gasteiger partial charge in [-0.05, 0) is 45.7 Å². The molecule has 1 atom stereocenters. The molecule has 1 saturated heterocycles. The van der Waals surface area contributed by atoms with E-state index in [0.29, 0.717) is 22.9 Å². The lowest BCUT2D eigenvalue weighted by atomic mass is 10.1. The van der Waals surface area contributed by atoms with E-state index in [9.17, 15) is 4.79 Å². The van der Waals surface area contributed by atoms with Crippen LogP contribution in [0, 0.1) is 19.8 Å². The molecule has 1 amide bonds. The Kier molecular flexibility index (Phi) is 5.62. The number of carbonyl (C=O) groups is 1. The molecule has 2 N–H and O–H groups in total. The molecule has 1 aromatic rings. The van der Waals surface area contributed by atoms with Crippen LogP contribution in [0.5, 0.6) is 0 Å². The Hall–Kier alpha value is -1.07. The first-order chi connectivity index (χ1) is 8.18. The largest absolute Gasteiger partial charge is 0.361 e. The second-order valence-corrected chi connectivity index (χ2v) is 4.60. The molecular weight excluding hydrogens is 254 g/mol. The van der Waals surface area contributed by atoms with Gasteiger partial charge in [0.1, 0.15) is 11.3 Å². The molecule has 1 unspecified atom stereocenters.